The lowest BCUT2D eigenvalue weighted by molar-refractivity contribution is 0.473. The van der Waals surface area contributed by atoms with Crippen molar-refractivity contribution < 1.29 is 0 Å². The highest BCUT2D eigenvalue weighted by Crippen LogP contribution is 2.40. The van der Waals surface area contributed by atoms with Gasteiger partial charge < -0.3 is 10.3 Å². The van der Waals surface area contributed by atoms with E-state index in [4.69, 9.17) is 10.7 Å². The molecule has 90 valence electrons. The molecule has 4 heteroatoms. The maximum atomic E-state index is 5.88. The summed E-state index contributed by atoms with van der Waals surface area (Å²) in [7, 11) is 0. The van der Waals surface area contributed by atoms with Crippen molar-refractivity contribution in [1.82, 2.24) is 14.5 Å². The first-order valence-corrected chi connectivity index (χ1v) is 6.17. The van der Waals surface area contributed by atoms with Crippen LogP contribution in [0.2, 0.25) is 0 Å². The van der Waals surface area contributed by atoms with Crippen molar-refractivity contribution in [2.45, 2.75) is 38.1 Å². The second kappa shape index (κ2) is 3.53. The second-order valence-electron chi connectivity index (χ2n) is 5.47. The summed E-state index contributed by atoms with van der Waals surface area (Å²) in [5.41, 5.74) is 7.77. The van der Waals surface area contributed by atoms with Crippen LogP contribution in [-0.4, -0.2) is 21.1 Å². The van der Waals surface area contributed by atoms with Crippen LogP contribution in [0.3, 0.4) is 0 Å². The third-order valence-corrected chi connectivity index (χ3v) is 3.48. The number of pyridine rings is 1. The summed E-state index contributed by atoms with van der Waals surface area (Å²) in [5.74, 6) is 1.08. The molecule has 2 aromatic rings. The quantitative estimate of drug-likeness (QED) is 0.877. The minimum Gasteiger partial charge on any atom is -0.329 e. The molecule has 0 amide bonds. The summed E-state index contributed by atoms with van der Waals surface area (Å²) in [6.07, 6.45) is 4.30. The SMILES string of the molecule is CC(C)(CN)c1nc2cccnc2n1C1CC1. The number of hydrogen-bond acceptors (Lipinski definition) is 3. The van der Waals surface area contributed by atoms with Crippen LogP contribution < -0.4 is 5.73 Å². The van der Waals surface area contributed by atoms with Gasteiger partial charge in [0.05, 0.1) is 0 Å². The Labute approximate surface area is 101 Å². The van der Waals surface area contributed by atoms with Gasteiger partial charge >= 0.3 is 0 Å². The van der Waals surface area contributed by atoms with Crippen LogP contribution in [-0.2, 0) is 5.41 Å². The molecule has 17 heavy (non-hydrogen) atoms. The van der Waals surface area contributed by atoms with Crippen LogP contribution in [0.25, 0.3) is 11.2 Å². The van der Waals surface area contributed by atoms with Gasteiger partial charge in [0.1, 0.15) is 11.3 Å². The Morgan fingerprint density at radius 1 is 1.47 bits per heavy atom. The Morgan fingerprint density at radius 3 is 2.88 bits per heavy atom. The number of aromatic nitrogens is 3. The minimum atomic E-state index is -0.0940. The van der Waals surface area contributed by atoms with Crippen LogP contribution in [0.4, 0.5) is 0 Å². The lowest BCUT2D eigenvalue weighted by Gasteiger charge is -2.23. The zero-order chi connectivity index (χ0) is 12.0. The van der Waals surface area contributed by atoms with E-state index in [9.17, 15) is 0 Å². The number of imidazole rings is 1. The molecular formula is C13H18N4. The molecule has 2 heterocycles. The normalized spacial score (nSPS) is 16.6. The molecule has 0 saturated heterocycles. The van der Waals surface area contributed by atoms with E-state index in [-0.39, 0.29) is 5.41 Å². The largest absolute Gasteiger partial charge is 0.329 e. The first-order valence-electron chi connectivity index (χ1n) is 6.17. The number of nitrogens with two attached hydrogens (primary N) is 1. The molecule has 0 radical (unpaired) electrons. The van der Waals surface area contributed by atoms with Gasteiger partial charge in [-0.1, -0.05) is 13.8 Å². The Hall–Kier alpha value is -1.42. The summed E-state index contributed by atoms with van der Waals surface area (Å²) in [6, 6.07) is 4.54. The molecule has 1 saturated carbocycles. The van der Waals surface area contributed by atoms with Crippen molar-refractivity contribution in [1.29, 1.82) is 0 Å². The van der Waals surface area contributed by atoms with E-state index in [1.165, 1.54) is 12.8 Å². The first kappa shape index (κ1) is 10.7. The lowest BCUT2D eigenvalue weighted by atomic mass is 9.92. The molecule has 0 aromatic carbocycles. The molecule has 0 bridgehead atoms. The Bertz CT molecular complexity index is 552. The van der Waals surface area contributed by atoms with Gasteiger partial charge in [-0.15, -0.1) is 0 Å². The highest BCUT2D eigenvalue weighted by atomic mass is 15.2. The fourth-order valence-corrected chi connectivity index (χ4v) is 2.18. The van der Waals surface area contributed by atoms with E-state index >= 15 is 0 Å². The van der Waals surface area contributed by atoms with Crippen LogP contribution in [0.1, 0.15) is 38.6 Å². The Balaban J connectivity index is 2.26. The summed E-state index contributed by atoms with van der Waals surface area (Å²) >= 11 is 0. The van der Waals surface area contributed by atoms with Crippen LogP contribution in [0, 0.1) is 0 Å². The third kappa shape index (κ3) is 1.63. The molecule has 0 aliphatic heterocycles. The van der Waals surface area contributed by atoms with Gasteiger partial charge in [-0.05, 0) is 25.0 Å². The third-order valence-electron chi connectivity index (χ3n) is 3.48. The maximum Gasteiger partial charge on any atom is 0.160 e. The number of rotatable bonds is 3. The first-order chi connectivity index (χ1) is 8.13. The molecule has 0 unspecified atom stereocenters. The van der Waals surface area contributed by atoms with Crippen molar-refractivity contribution in [3.8, 4) is 0 Å². The van der Waals surface area contributed by atoms with E-state index in [1.54, 1.807) is 0 Å². The maximum absolute atomic E-state index is 5.88. The zero-order valence-corrected chi connectivity index (χ0v) is 10.3. The summed E-state index contributed by atoms with van der Waals surface area (Å²) < 4.78 is 2.29. The molecule has 4 nitrogen and oxygen atoms in total. The summed E-state index contributed by atoms with van der Waals surface area (Å²) in [5, 5.41) is 0. The topological polar surface area (TPSA) is 56.7 Å². The van der Waals surface area contributed by atoms with Crippen molar-refractivity contribution in [2.24, 2.45) is 5.73 Å². The van der Waals surface area contributed by atoms with Gasteiger partial charge in [0.2, 0.25) is 0 Å². The van der Waals surface area contributed by atoms with E-state index in [2.05, 4.69) is 23.4 Å². The molecule has 3 rings (SSSR count). The van der Waals surface area contributed by atoms with Crippen LogP contribution in [0.15, 0.2) is 18.3 Å². The van der Waals surface area contributed by atoms with E-state index in [1.807, 2.05) is 18.3 Å². The van der Waals surface area contributed by atoms with Gasteiger partial charge in [-0.2, -0.15) is 0 Å². The molecular weight excluding hydrogens is 212 g/mol. The van der Waals surface area contributed by atoms with Crippen molar-refractivity contribution in [2.75, 3.05) is 6.54 Å². The van der Waals surface area contributed by atoms with Gasteiger partial charge in [-0.25, -0.2) is 9.97 Å². The predicted molar refractivity (Wildman–Crippen MR) is 67.9 cm³/mol. The Morgan fingerprint density at radius 2 is 2.24 bits per heavy atom. The van der Waals surface area contributed by atoms with Crippen LogP contribution >= 0.6 is 0 Å². The number of hydrogen-bond donors (Lipinski definition) is 1. The average Bonchev–Trinajstić information content (AvgIpc) is 3.09. The molecule has 1 aliphatic rings. The van der Waals surface area contributed by atoms with E-state index in [0.29, 0.717) is 12.6 Å². The highest BCUT2D eigenvalue weighted by Gasteiger charge is 2.34. The standard InChI is InChI=1S/C13H18N4/c1-13(2,8-14)12-16-10-4-3-7-15-11(10)17(12)9-5-6-9/h3-4,7,9H,5-6,8,14H2,1-2H3. The smallest absolute Gasteiger partial charge is 0.160 e. The number of nitrogens with zero attached hydrogens (tertiary/aromatic N) is 3. The van der Waals surface area contributed by atoms with Crippen molar-refractivity contribution in [3.63, 3.8) is 0 Å². The summed E-state index contributed by atoms with van der Waals surface area (Å²) in [6.45, 7) is 4.89. The predicted octanol–water partition coefficient (Wildman–Crippen LogP) is 2.00. The van der Waals surface area contributed by atoms with E-state index in [0.717, 1.165) is 17.0 Å². The average molecular weight is 230 g/mol. The minimum absolute atomic E-state index is 0.0940. The highest BCUT2D eigenvalue weighted by molar-refractivity contribution is 5.72. The van der Waals surface area contributed by atoms with Gasteiger partial charge in [0.15, 0.2) is 5.65 Å². The molecule has 2 aromatic heterocycles. The zero-order valence-electron chi connectivity index (χ0n) is 10.3. The molecule has 1 aliphatic carbocycles. The summed E-state index contributed by atoms with van der Waals surface area (Å²) in [4.78, 5) is 9.21. The van der Waals surface area contributed by atoms with Gasteiger partial charge in [0.25, 0.3) is 0 Å². The second-order valence-corrected chi connectivity index (χ2v) is 5.47. The van der Waals surface area contributed by atoms with Crippen molar-refractivity contribution in [3.05, 3.63) is 24.2 Å². The number of fused-ring (bicyclic) bond motifs is 1. The molecule has 0 atom stereocenters. The fourth-order valence-electron chi connectivity index (χ4n) is 2.18. The lowest BCUT2D eigenvalue weighted by Crippen LogP contribution is -2.31. The molecule has 1 fully saturated rings. The van der Waals surface area contributed by atoms with E-state index < -0.39 is 0 Å². The van der Waals surface area contributed by atoms with Crippen molar-refractivity contribution >= 4 is 11.2 Å². The molecule has 0 spiro atoms. The molecule has 2 N–H and O–H groups in total. The fraction of sp³-hybridized carbons (Fsp3) is 0.538. The van der Waals surface area contributed by atoms with Gasteiger partial charge in [-0.3, -0.25) is 0 Å². The monoisotopic (exact) mass is 230 g/mol. The van der Waals surface area contributed by atoms with Gasteiger partial charge in [0, 0.05) is 24.2 Å². The Kier molecular flexibility index (Phi) is 2.23. The van der Waals surface area contributed by atoms with Crippen LogP contribution in [0.5, 0.6) is 0 Å².